The van der Waals surface area contributed by atoms with Gasteiger partial charge in [-0.25, -0.2) is 10.8 Å². The number of imidazole rings is 1. The van der Waals surface area contributed by atoms with Crippen molar-refractivity contribution in [1.82, 2.24) is 14.8 Å². The van der Waals surface area contributed by atoms with Crippen LogP contribution in [0.4, 0.5) is 0 Å². The number of hydrogen-bond donors (Lipinski definition) is 2. The standard InChI is InChI=1S/C9H10N4O/c1-6-3-2-4-8-11-7(5-13(6)8)9(14)12-10/h2-5H,10H2,1H3,(H,12,14). The van der Waals surface area contributed by atoms with Gasteiger partial charge in [0.1, 0.15) is 11.3 Å². The number of rotatable bonds is 1. The average molecular weight is 190 g/mol. The van der Waals surface area contributed by atoms with Crippen LogP contribution in [-0.4, -0.2) is 15.3 Å². The first-order chi connectivity index (χ1) is 6.72. The molecule has 1 amide bonds. The number of nitrogens with zero attached hydrogens (tertiary/aromatic N) is 2. The first-order valence-corrected chi connectivity index (χ1v) is 4.18. The third kappa shape index (κ3) is 1.23. The highest BCUT2D eigenvalue weighted by Crippen LogP contribution is 2.07. The normalized spacial score (nSPS) is 10.4. The van der Waals surface area contributed by atoms with Crippen molar-refractivity contribution in [2.24, 2.45) is 5.84 Å². The van der Waals surface area contributed by atoms with Crippen molar-refractivity contribution in [3.63, 3.8) is 0 Å². The molecule has 0 saturated heterocycles. The second-order valence-corrected chi connectivity index (χ2v) is 2.99. The van der Waals surface area contributed by atoms with E-state index < -0.39 is 0 Å². The van der Waals surface area contributed by atoms with Crippen molar-refractivity contribution < 1.29 is 4.79 Å². The van der Waals surface area contributed by atoms with E-state index in [9.17, 15) is 4.79 Å². The van der Waals surface area contributed by atoms with E-state index in [2.05, 4.69) is 4.98 Å². The Kier molecular flexibility index (Phi) is 1.94. The Hall–Kier alpha value is -1.88. The van der Waals surface area contributed by atoms with Crippen molar-refractivity contribution in [2.45, 2.75) is 6.92 Å². The maximum Gasteiger partial charge on any atom is 0.285 e. The summed E-state index contributed by atoms with van der Waals surface area (Å²) in [5.74, 6) is 4.63. The Labute approximate surface area is 80.5 Å². The lowest BCUT2D eigenvalue weighted by molar-refractivity contribution is 0.0949. The van der Waals surface area contributed by atoms with Crippen LogP contribution in [0.2, 0.25) is 0 Å². The van der Waals surface area contributed by atoms with Crippen molar-refractivity contribution in [3.05, 3.63) is 35.8 Å². The molecule has 0 atom stereocenters. The van der Waals surface area contributed by atoms with E-state index in [0.29, 0.717) is 5.69 Å². The number of hydrazine groups is 1. The number of carbonyl (C=O) groups excluding carboxylic acids is 1. The highest BCUT2D eigenvalue weighted by atomic mass is 16.2. The molecule has 0 bridgehead atoms. The fourth-order valence-corrected chi connectivity index (χ4v) is 1.33. The van der Waals surface area contributed by atoms with Gasteiger partial charge in [-0.05, 0) is 19.1 Å². The molecule has 0 spiro atoms. The van der Waals surface area contributed by atoms with Gasteiger partial charge in [0.25, 0.3) is 5.91 Å². The largest absolute Gasteiger partial charge is 0.304 e. The van der Waals surface area contributed by atoms with Gasteiger partial charge in [-0.1, -0.05) is 6.07 Å². The van der Waals surface area contributed by atoms with Crippen LogP contribution in [0.15, 0.2) is 24.4 Å². The predicted molar refractivity (Wildman–Crippen MR) is 51.6 cm³/mol. The number of nitrogens with two attached hydrogens (primary N) is 1. The predicted octanol–water partition coefficient (Wildman–Crippen LogP) is 0.246. The molecule has 0 aromatic carbocycles. The second-order valence-electron chi connectivity index (χ2n) is 2.99. The molecule has 0 aliphatic rings. The number of aromatic nitrogens is 2. The zero-order valence-corrected chi connectivity index (χ0v) is 7.69. The number of fused-ring (bicyclic) bond motifs is 1. The van der Waals surface area contributed by atoms with Gasteiger partial charge in [-0.3, -0.25) is 10.2 Å². The van der Waals surface area contributed by atoms with E-state index in [-0.39, 0.29) is 5.91 Å². The van der Waals surface area contributed by atoms with Gasteiger partial charge >= 0.3 is 0 Å². The Morgan fingerprint density at radius 3 is 3.00 bits per heavy atom. The first kappa shape index (κ1) is 8.71. The summed E-state index contributed by atoms with van der Waals surface area (Å²) in [5, 5.41) is 0. The molecule has 2 aromatic heterocycles. The van der Waals surface area contributed by atoms with Gasteiger partial charge in [0.2, 0.25) is 0 Å². The summed E-state index contributed by atoms with van der Waals surface area (Å²) in [6, 6.07) is 5.67. The molecule has 72 valence electrons. The van der Waals surface area contributed by atoms with E-state index in [4.69, 9.17) is 5.84 Å². The highest BCUT2D eigenvalue weighted by Gasteiger charge is 2.09. The minimum Gasteiger partial charge on any atom is -0.304 e. The van der Waals surface area contributed by atoms with E-state index in [0.717, 1.165) is 11.3 Å². The van der Waals surface area contributed by atoms with Gasteiger partial charge in [-0.2, -0.15) is 0 Å². The minimum absolute atomic E-state index is 0.321. The molecule has 2 aromatic rings. The van der Waals surface area contributed by atoms with E-state index in [1.807, 2.05) is 34.9 Å². The number of nitrogen functional groups attached to an aromatic ring is 1. The lowest BCUT2D eigenvalue weighted by Crippen LogP contribution is -2.30. The van der Waals surface area contributed by atoms with Crippen LogP contribution >= 0.6 is 0 Å². The molecule has 5 nitrogen and oxygen atoms in total. The molecule has 0 radical (unpaired) electrons. The van der Waals surface area contributed by atoms with Crippen molar-refractivity contribution in [3.8, 4) is 0 Å². The molecule has 5 heteroatoms. The van der Waals surface area contributed by atoms with Gasteiger partial charge < -0.3 is 4.40 Å². The molecule has 0 aliphatic heterocycles. The zero-order valence-electron chi connectivity index (χ0n) is 7.69. The quantitative estimate of drug-likeness (QED) is 0.384. The Bertz CT molecular complexity index is 489. The molecule has 3 N–H and O–H groups in total. The van der Waals surface area contributed by atoms with E-state index >= 15 is 0 Å². The summed E-state index contributed by atoms with van der Waals surface area (Å²) in [6.45, 7) is 1.94. The molecule has 0 saturated carbocycles. The number of pyridine rings is 1. The van der Waals surface area contributed by atoms with Crippen LogP contribution < -0.4 is 11.3 Å². The monoisotopic (exact) mass is 190 g/mol. The topological polar surface area (TPSA) is 72.4 Å². The Balaban J connectivity index is 2.62. The van der Waals surface area contributed by atoms with Crippen LogP contribution in [0.1, 0.15) is 16.2 Å². The molecule has 0 unspecified atom stereocenters. The van der Waals surface area contributed by atoms with Crippen LogP contribution in [0, 0.1) is 6.92 Å². The molecule has 0 aliphatic carbocycles. The Morgan fingerprint density at radius 1 is 1.57 bits per heavy atom. The third-order valence-corrected chi connectivity index (χ3v) is 2.06. The SMILES string of the molecule is Cc1cccc2nc(C(=O)NN)cn12. The van der Waals surface area contributed by atoms with Crippen molar-refractivity contribution >= 4 is 11.6 Å². The molecule has 14 heavy (non-hydrogen) atoms. The fraction of sp³-hybridized carbons (Fsp3) is 0.111. The molecule has 0 fully saturated rings. The third-order valence-electron chi connectivity index (χ3n) is 2.06. The van der Waals surface area contributed by atoms with Crippen LogP contribution in [-0.2, 0) is 0 Å². The number of carbonyl (C=O) groups is 1. The zero-order chi connectivity index (χ0) is 10.1. The summed E-state index contributed by atoms with van der Waals surface area (Å²) in [7, 11) is 0. The molecular formula is C9H10N4O. The smallest absolute Gasteiger partial charge is 0.285 e. The minimum atomic E-state index is -0.381. The summed E-state index contributed by atoms with van der Waals surface area (Å²) in [6.07, 6.45) is 1.66. The maximum atomic E-state index is 11.2. The lowest BCUT2D eigenvalue weighted by Gasteiger charge is -1.95. The lowest BCUT2D eigenvalue weighted by atomic mass is 10.4. The van der Waals surface area contributed by atoms with Gasteiger partial charge in [0.15, 0.2) is 0 Å². The van der Waals surface area contributed by atoms with Gasteiger partial charge in [0, 0.05) is 11.9 Å². The summed E-state index contributed by atoms with van der Waals surface area (Å²) in [5.41, 5.74) is 4.13. The summed E-state index contributed by atoms with van der Waals surface area (Å²) in [4.78, 5) is 15.3. The van der Waals surface area contributed by atoms with Crippen molar-refractivity contribution in [2.75, 3.05) is 0 Å². The molecular weight excluding hydrogens is 180 g/mol. The number of nitrogens with one attached hydrogen (secondary N) is 1. The highest BCUT2D eigenvalue weighted by molar-refractivity contribution is 5.92. The summed E-state index contributed by atoms with van der Waals surface area (Å²) < 4.78 is 1.84. The summed E-state index contributed by atoms with van der Waals surface area (Å²) >= 11 is 0. The van der Waals surface area contributed by atoms with Crippen LogP contribution in [0.25, 0.3) is 5.65 Å². The maximum absolute atomic E-state index is 11.2. The van der Waals surface area contributed by atoms with E-state index in [1.54, 1.807) is 6.20 Å². The number of aryl methyl sites for hydroxylation is 1. The fourth-order valence-electron chi connectivity index (χ4n) is 1.33. The number of amides is 1. The van der Waals surface area contributed by atoms with Crippen molar-refractivity contribution in [1.29, 1.82) is 0 Å². The Morgan fingerprint density at radius 2 is 2.36 bits per heavy atom. The van der Waals surface area contributed by atoms with Crippen LogP contribution in [0.5, 0.6) is 0 Å². The van der Waals surface area contributed by atoms with Gasteiger partial charge in [-0.15, -0.1) is 0 Å². The number of hydrogen-bond acceptors (Lipinski definition) is 3. The van der Waals surface area contributed by atoms with Gasteiger partial charge in [0.05, 0.1) is 0 Å². The van der Waals surface area contributed by atoms with Crippen LogP contribution in [0.3, 0.4) is 0 Å². The average Bonchev–Trinajstić information content (AvgIpc) is 2.62. The second kappa shape index (κ2) is 3.12. The van der Waals surface area contributed by atoms with E-state index in [1.165, 1.54) is 0 Å². The first-order valence-electron chi connectivity index (χ1n) is 4.18. The molecule has 2 heterocycles. The molecule has 2 rings (SSSR count).